The van der Waals surface area contributed by atoms with E-state index in [9.17, 15) is 4.79 Å². The lowest BCUT2D eigenvalue weighted by atomic mass is 10.2. The third-order valence-electron chi connectivity index (χ3n) is 5.37. The molecule has 0 aromatic heterocycles. The summed E-state index contributed by atoms with van der Waals surface area (Å²) in [5.41, 5.74) is 1.69. The number of anilines is 2. The summed E-state index contributed by atoms with van der Waals surface area (Å²) in [6, 6.07) is 11.3. The molecule has 0 saturated carbocycles. The molecule has 9 heteroatoms. The molecule has 4 rings (SSSR count). The first-order valence-electron chi connectivity index (χ1n) is 10.2. The van der Waals surface area contributed by atoms with Crippen molar-refractivity contribution in [2.75, 3.05) is 56.2 Å². The summed E-state index contributed by atoms with van der Waals surface area (Å²) in [6.07, 6.45) is 2.04. The summed E-state index contributed by atoms with van der Waals surface area (Å²) < 4.78 is 11.2. The molecule has 1 N–H and O–H groups in total. The number of hydrogen-bond donors (Lipinski definition) is 1. The van der Waals surface area contributed by atoms with Crippen molar-refractivity contribution >= 4 is 57.5 Å². The molecule has 2 aromatic rings. The van der Waals surface area contributed by atoms with Crippen LogP contribution in [-0.2, 0) is 4.79 Å². The standard InChI is InChI=1S/C22H25Cl2N3O3.BrH/c23-17-4-3-5-19(22(17)24)27-11-9-26(10-12-27)8-1-2-13-29-16-6-7-20-18(14-16)25-21(28)15-30-20;/h3-7,14H,1-2,8-13,15H2,(H,25,28);1H. The van der Waals surface area contributed by atoms with Gasteiger partial charge in [-0.1, -0.05) is 29.3 Å². The Balaban J connectivity index is 0.00000272. The van der Waals surface area contributed by atoms with Gasteiger partial charge in [0.05, 0.1) is 28.0 Å². The smallest absolute Gasteiger partial charge is 0.262 e. The molecule has 2 aliphatic heterocycles. The van der Waals surface area contributed by atoms with E-state index in [2.05, 4.69) is 15.1 Å². The Hall–Kier alpha value is -1.67. The number of fused-ring (bicyclic) bond motifs is 1. The van der Waals surface area contributed by atoms with Crippen molar-refractivity contribution in [1.29, 1.82) is 0 Å². The molecule has 0 aliphatic carbocycles. The summed E-state index contributed by atoms with van der Waals surface area (Å²) in [5, 5.41) is 4.04. The van der Waals surface area contributed by atoms with E-state index >= 15 is 0 Å². The molecule has 2 aliphatic rings. The van der Waals surface area contributed by atoms with E-state index < -0.39 is 0 Å². The van der Waals surface area contributed by atoms with Crippen LogP contribution in [0.25, 0.3) is 0 Å². The number of halogens is 3. The minimum atomic E-state index is -0.141. The highest BCUT2D eigenvalue weighted by atomic mass is 79.9. The molecular formula is C22H26BrCl2N3O3. The zero-order valence-corrected chi connectivity index (χ0v) is 20.3. The number of unbranched alkanes of at least 4 members (excludes halogenated alkanes) is 1. The van der Waals surface area contributed by atoms with Crippen LogP contribution < -0.4 is 19.7 Å². The van der Waals surface area contributed by atoms with Crippen LogP contribution in [0.3, 0.4) is 0 Å². The number of ether oxygens (including phenoxy) is 2. The van der Waals surface area contributed by atoms with Gasteiger partial charge in [-0.05, 0) is 43.7 Å². The topological polar surface area (TPSA) is 54.0 Å². The Kier molecular flexibility index (Phi) is 8.72. The predicted molar refractivity (Wildman–Crippen MR) is 131 cm³/mol. The van der Waals surface area contributed by atoms with Gasteiger partial charge >= 0.3 is 0 Å². The second kappa shape index (κ2) is 11.3. The van der Waals surface area contributed by atoms with Gasteiger partial charge in [0, 0.05) is 32.2 Å². The van der Waals surface area contributed by atoms with Gasteiger partial charge in [-0.15, -0.1) is 17.0 Å². The number of hydrogen-bond acceptors (Lipinski definition) is 5. The van der Waals surface area contributed by atoms with Crippen molar-refractivity contribution in [3.05, 3.63) is 46.4 Å². The second-order valence-corrected chi connectivity index (χ2v) is 8.24. The van der Waals surface area contributed by atoms with E-state index in [-0.39, 0.29) is 29.5 Å². The number of rotatable bonds is 7. The Morgan fingerprint density at radius 2 is 1.87 bits per heavy atom. The highest BCUT2D eigenvalue weighted by molar-refractivity contribution is 8.93. The summed E-state index contributed by atoms with van der Waals surface area (Å²) in [5.74, 6) is 1.28. The first-order chi connectivity index (χ1) is 14.6. The average molecular weight is 531 g/mol. The van der Waals surface area contributed by atoms with E-state index in [0.717, 1.165) is 57.0 Å². The van der Waals surface area contributed by atoms with Gasteiger partial charge in [-0.2, -0.15) is 0 Å². The Bertz CT molecular complexity index is 908. The number of piperazine rings is 1. The monoisotopic (exact) mass is 529 g/mol. The molecule has 1 saturated heterocycles. The number of nitrogens with zero attached hydrogens (tertiary/aromatic N) is 2. The van der Waals surface area contributed by atoms with Gasteiger partial charge in [0.15, 0.2) is 6.61 Å². The van der Waals surface area contributed by atoms with E-state index in [1.165, 1.54) is 0 Å². The van der Waals surface area contributed by atoms with Gasteiger partial charge < -0.3 is 19.7 Å². The largest absolute Gasteiger partial charge is 0.494 e. The van der Waals surface area contributed by atoms with Crippen molar-refractivity contribution < 1.29 is 14.3 Å². The maximum Gasteiger partial charge on any atom is 0.262 e. The maximum absolute atomic E-state index is 11.4. The molecule has 1 amide bonds. The molecule has 168 valence electrons. The van der Waals surface area contributed by atoms with Crippen LogP contribution >= 0.6 is 40.2 Å². The first kappa shape index (κ1) is 24.0. The Morgan fingerprint density at radius 3 is 2.68 bits per heavy atom. The van der Waals surface area contributed by atoms with Crippen LogP contribution in [0, 0.1) is 0 Å². The minimum absolute atomic E-state index is 0. The zero-order chi connectivity index (χ0) is 20.9. The van der Waals surface area contributed by atoms with Crippen LogP contribution in [0.5, 0.6) is 11.5 Å². The van der Waals surface area contributed by atoms with E-state index in [0.29, 0.717) is 28.1 Å². The molecule has 1 fully saturated rings. The fourth-order valence-electron chi connectivity index (χ4n) is 3.73. The third-order valence-corrected chi connectivity index (χ3v) is 6.17. The number of benzene rings is 2. The average Bonchev–Trinajstić information content (AvgIpc) is 2.76. The number of carbonyl (C=O) groups excluding carboxylic acids is 1. The SMILES string of the molecule is Br.O=C1COc2ccc(OCCCCN3CCN(c4cccc(Cl)c4Cl)CC3)cc2N1. The molecule has 0 unspecified atom stereocenters. The number of carbonyl (C=O) groups is 1. The predicted octanol–water partition coefficient (Wildman–Crippen LogP) is 4.88. The van der Waals surface area contributed by atoms with Crippen LogP contribution in [-0.4, -0.2) is 56.7 Å². The van der Waals surface area contributed by atoms with Crippen molar-refractivity contribution in [2.24, 2.45) is 0 Å². The van der Waals surface area contributed by atoms with Crippen LogP contribution in [0.15, 0.2) is 36.4 Å². The highest BCUT2D eigenvalue weighted by Crippen LogP contribution is 2.33. The van der Waals surface area contributed by atoms with Crippen LogP contribution in [0.1, 0.15) is 12.8 Å². The molecule has 31 heavy (non-hydrogen) atoms. The highest BCUT2D eigenvalue weighted by Gasteiger charge is 2.19. The summed E-state index contributed by atoms with van der Waals surface area (Å²) >= 11 is 12.5. The second-order valence-electron chi connectivity index (χ2n) is 7.45. The van der Waals surface area contributed by atoms with Crippen molar-refractivity contribution in [3.63, 3.8) is 0 Å². The van der Waals surface area contributed by atoms with Gasteiger partial charge in [0.2, 0.25) is 0 Å². The molecule has 2 heterocycles. The molecular weight excluding hydrogens is 505 g/mol. The number of amides is 1. The fraction of sp³-hybridized carbons (Fsp3) is 0.409. The molecule has 0 bridgehead atoms. The summed E-state index contributed by atoms with van der Waals surface area (Å²) in [6.45, 7) is 5.66. The lowest BCUT2D eigenvalue weighted by Crippen LogP contribution is -2.46. The minimum Gasteiger partial charge on any atom is -0.494 e. The number of nitrogens with one attached hydrogen (secondary N) is 1. The van der Waals surface area contributed by atoms with E-state index in [4.69, 9.17) is 32.7 Å². The summed E-state index contributed by atoms with van der Waals surface area (Å²) in [4.78, 5) is 16.2. The quantitative estimate of drug-likeness (QED) is 0.517. The first-order valence-corrected chi connectivity index (χ1v) is 11.0. The molecule has 0 spiro atoms. The van der Waals surface area contributed by atoms with E-state index in [1.807, 2.05) is 36.4 Å². The molecule has 6 nitrogen and oxygen atoms in total. The Labute approximate surface area is 203 Å². The third kappa shape index (κ3) is 6.19. The lowest BCUT2D eigenvalue weighted by molar-refractivity contribution is -0.118. The van der Waals surface area contributed by atoms with Crippen molar-refractivity contribution in [1.82, 2.24) is 4.90 Å². The van der Waals surface area contributed by atoms with Crippen molar-refractivity contribution in [2.45, 2.75) is 12.8 Å². The summed E-state index contributed by atoms with van der Waals surface area (Å²) in [7, 11) is 0. The van der Waals surface area contributed by atoms with E-state index in [1.54, 1.807) is 0 Å². The molecule has 2 aromatic carbocycles. The zero-order valence-electron chi connectivity index (χ0n) is 17.1. The molecule has 0 atom stereocenters. The van der Waals surface area contributed by atoms with Gasteiger partial charge in [0.25, 0.3) is 5.91 Å². The maximum atomic E-state index is 11.4. The van der Waals surface area contributed by atoms with Crippen LogP contribution in [0.4, 0.5) is 11.4 Å². The fourth-order valence-corrected chi connectivity index (χ4v) is 4.14. The normalized spacial score (nSPS) is 16.1. The van der Waals surface area contributed by atoms with Crippen LogP contribution in [0.2, 0.25) is 10.0 Å². The van der Waals surface area contributed by atoms with Crippen molar-refractivity contribution in [3.8, 4) is 11.5 Å². The lowest BCUT2D eigenvalue weighted by Gasteiger charge is -2.36. The van der Waals surface area contributed by atoms with Gasteiger partial charge in [-0.3, -0.25) is 9.69 Å². The molecule has 0 radical (unpaired) electrons. The Morgan fingerprint density at radius 1 is 1.06 bits per heavy atom. The van der Waals surface area contributed by atoms with Gasteiger partial charge in [0.1, 0.15) is 11.5 Å². The van der Waals surface area contributed by atoms with Gasteiger partial charge in [-0.25, -0.2) is 0 Å².